The smallest absolute Gasteiger partial charge is 0.351 e. The number of carbonyl (C=O) groups excluding carboxylic acids is 1. The Bertz CT molecular complexity index is 813. The summed E-state index contributed by atoms with van der Waals surface area (Å²) in [6, 6.07) is 11.3. The molecule has 0 atom stereocenters. The molecule has 6 nitrogen and oxygen atoms in total. The SMILES string of the molecule is COC(=O)/C(=C\Nc1ccccn1)S(=O)(=O)c1ccc(C)cc1. The van der Waals surface area contributed by atoms with E-state index in [9.17, 15) is 13.2 Å². The molecule has 23 heavy (non-hydrogen) atoms. The number of benzene rings is 1. The molecule has 0 unspecified atom stereocenters. The van der Waals surface area contributed by atoms with Crippen LogP contribution in [-0.2, 0) is 19.4 Å². The number of aromatic nitrogens is 1. The van der Waals surface area contributed by atoms with Crippen LogP contribution in [0.3, 0.4) is 0 Å². The summed E-state index contributed by atoms with van der Waals surface area (Å²) in [6.07, 6.45) is 2.63. The Kier molecular flexibility index (Phi) is 5.13. The molecule has 0 saturated carbocycles. The first kappa shape index (κ1) is 16.7. The number of rotatable bonds is 5. The van der Waals surface area contributed by atoms with Gasteiger partial charge < -0.3 is 10.1 Å². The molecular weight excluding hydrogens is 316 g/mol. The molecule has 0 aliphatic carbocycles. The molecule has 0 aliphatic heterocycles. The van der Waals surface area contributed by atoms with Gasteiger partial charge in [-0.1, -0.05) is 23.8 Å². The zero-order valence-electron chi connectivity index (χ0n) is 12.7. The van der Waals surface area contributed by atoms with Crippen LogP contribution in [0.15, 0.2) is 64.7 Å². The normalized spacial score (nSPS) is 11.8. The molecule has 0 saturated heterocycles. The second-order valence-corrected chi connectivity index (χ2v) is 6.59. The van der Waals surface area contributed by atoms with Gasteiger partial charge in [0.15, 0.2) is 4.91 Å². The van der Waals surface area contributed by atoms with E-state index in [1.165, 1.54) is 12.1 Å². The number of aryl methyl sites for hydroxylation is 1. The Morgan fingerprint density at radius 3 is 2.43 bits per heavy atom. The Balaban J connectivity index is 2.41. The fourth-order valence-electron chi connectivity index (χ4n) is 1.78. The van der Waals surface area contributed by atoms with Gasteiger partial charge in [-0.05, 0) is 31.2 Å². The highest BCUT2D eigenvalue weighted by Gasteiger charge is 2.28. The van der Waals surface area contributed by atoms with Gasteiger partial charge in [0.25, 0.3) is 0 Å². The van der Waals surface area contributed by atoms with E-state index in [-0.39, 0.29) is 4.90 Å². The van der Waals surface area contributed by atoms with Crippen molar-refractivity contribution in [2.75, 3.05) is 12.4 Å². The zero-order valence-corrected chi connectivity index (χ0v) is 13.5. The third-order valence-corrected chi connectivity index (χ3v) is 4.78. The number of esters is 1. The quantitative estimate of drug-likeness (QED) is 0.668. The molecule has 120 valence electrons. The van der Waals surface area contributed by atoms with Crippen molar-refractivity contribution in [2.45, 2.75) is 11.8 Å². The van der Waals surface area contributed by atoms with Gasteiger partial charge in [-0.3, -0.25) is 0 Å². The second-order valence-electron chi connectivity index (χ2n) is 4.68. The van der Waals surface area contributed by atoms with Gasteiger partial charge in [-0.25, -0.2) is 18.2 Å². The summed E-state index contributed by atoms with van der Waals surface area (Å²) in [6.45, 7) is 1.84. The monoisotopic (exact) mass is 332 g/mol. The van der Waals surface area contributed by atoms with Crippen molar-refractivity contribution >= 4 is 21.6 Å². The lowest BCUT2D eigenvalue weighted by molar-refractivity contribution is -0.135. The molecule has 0 radical (unpaired) electrons. The second kappa shape index (κ2) is 7.06. The molecule has 1 N–H and O–H groups in total. The minimum absolute atomic E-state index is 0.0163. The van der Waals surface area contributed by atoms with Crippen molar-refractivity contribution in [3.05, 3.63) is 65.3 Å². The molecular formula is C16H16N2O4S. The molecule has 2 rings (SSSR count). The third kappa shape index (κ3) is 3.95. The largest absolute Gasteiger partial charge is 0.465 e. The summed E-state index contributed by atoms with van der Waals surface area (Å²) >= 11 is 0. The fourth-order valence-corrected chi connectivity index (χ4v) is 3.04. The fraction of sp³-hybridized carbons (Fsp3) is 0.125. The number of hydrogen-bond donors (Lipinski definition) is 1. The van der Waals surface area contributed by atoms with Crippen LogP contribution in [-0.4, -0.2) is 26.5 Å². The standard InChI is InChI=1S/C16H16N2O4S/c1-12-6-8-13(9-7-12)23(20,21)14(16(19)22-2)11-18-15-5-3-4-10-17-15/h3-11H,1-2H3,(H,17,18)/b14-11+. The van der Waals surface area contributed by atoms with Crippen LogP contribution in [0.25, 0.3) is 0 Å². The molecule has 0 fully saturated rings. The first-order valence-corrected chi connectivity index (χ1v) is 8.21. The minimum atomic E-state index is -4.00. The van der Waals surface area contributed by atoms with E-state index < -0.39 is 20.7 Å². The molecule has 0 bridgehead atoms. The van der Waals surface area contributed by atoms with Crippen molar-refractivity contribution in [3.63, 3.8) is 0 Å². The Hall–Kier alpha value is -2.67. The van der Waals surface area contributed by atoms with Crippen LogP contribution >= 0.6 is 0 Å². The van der Waals surface area contributed by atoms with Crippen LogP contribution in [0.4, 0.5) is 5.82 Å². The van der Waals surface area contributed by atoms with Gasteiger partial charge in [0.1, 0.15) is 5.82 Å². The van der Waals surface area contributed by atoms with E-state index in [0.717, 1.165) is 18.9 Å². The predicted molar refractivity (Wildman–Crippen MR) is 86.3 cm³/mol. The highest BCUT2D eigenvalue weighted by molar-refractivity contribution is 7.96. The summed E-state index contributed by atoms with van der Waals surface area (Å²) in [5.74, 6) is -0.540. The maximum atomic E-state index is 12.6. The highest BCUT2D eigenvalue weighted by atomic mass is 32.2. The third-order valence-electron chi connectivity index (χ3n) is 3.02. The van der Waals surface area contributed by atoms with Crippen molar-refractivity contribution in [1.82, 2.24) is 4.98 Å². The van der Waals surface area contributed by atoms with E-state index >= 15 is 0 Å². The lowest BCUT2D eigenvalue weighted by Gasteiger charge is -2.08. The number of carbonyl (C=O) groups is 1. The first-order chi connectivity index (χ1) is 10.9. The number of methoxy groups -OCH3 is 1. The average molecular weight is 332 g/mol. The summed E-state index contributed by atoms with van der Waals surface area (Å²) < 4.78 is 29.9. The maximum absolute atomic E-state index is 12.6. The number of anilines is 1. The van der Waals surface area contributed by atoms with Gasteiger partial charge in [0.2, 0.25) is 9.84 Å². The van der Waals surface area contributed by atoms with E-state index in [1.807, 2.05) is 6.92 Å². The van der Waals surface area contributed by atoms with Crippen LogP contribution < -0.4 is 5.32 Å². The molecule has 1 heterocycles. The van der Waals surface area contributed by atoms with Crippen molar-refractivity contribution in [3.8, 4) is 0 Å². The molecule has 2 aromatic rings. The molecule has 1 aromatic carbocycles. The number of sulfone groups is 1. The van der Waals surface area contributed by atoms with Crippen molar-refractivity contribution in [1.29, 1.82) is 0 Å². The molecule has 0 aliphatic rings. The number of pyridine rings is 1. The van der Waals surface area contributed by atoms with E-state index in [2.05, 4.69) is 15.0 Å². The highest BCUT2D eigenvalue weighted by Crippen LogP contribution is 2.21. The maximum Gasteiger partial charge on any atom is 0.351 e. The summed E-state index contributed by atoms with van der Waals surface area (Å²) in [7, 11) is -2.88. The van der Waals surface area contributed by atoms with Crippen molar-refractivity contribution < 1.29 is 17.9 Å². The average Bonchev–Trinajstić information content (AvgIpc) is 2.56. The Labute approximate surface area is 134 Å². The van der Waals surface area contributed by atoms with Crippen molar-refractivity contribution in [2.24, 2.45) is 0 Å². The Morgan fingerprint density at radius 2 is 1.87 bits per heavy atom. The van der Waals surface area contributed by atoms with E-state index in [1.54, 1.807) is 36.5 Å². The number of ether oxygens (including phenoxy) is 1. The van der Waals surface area contributed by atoms with Gasteiger partial charge >= 0.3 is 5.97 Å². The van der Waals surface area contributed by atoms with Crippen LogP contribution in [0.5, 0.6) is 0 Å². The summed E-state index contributed by atoms with van der Waals surface area (Å²) in [4.78, 5) is 15.4. The van der Waals surface area contributed by atoms with Gasteiger partial charge in [-0.15, -0.1) is 0 Å². The van der Waals surface area contributed by atoms with Crippen LogP contribution in [0.1, 0.15) is 5.56 Å². The topological polar surface area (TPSA) is 85.4 Å². The van der Waals surface area contributed by atoms with Gasteiger partial charge in [-0.2, -0.15) is 0 Å². The van der Waals surface area contributed by atoms with Crippen LogP contribution in [0, 0.1) is 6.92 Å². The zero-order chi connectivity index (χ0) is 16.9. The molecule has 0 spiro atoms. The van der Waals surface area contributed by atoms with E-state index in [0.29, 0.717) is 5.82 Å². The van der Waals surface area contributed by atoms with Gasteiger partial charge in [0.05, 0.1) is 12.0 Å². The minimum Gasteiger partial charge on any atom is -0.465 e. The lowest BCUT2D eigenvalue weighted by atomic mass is 10.2. The van der Waals surface area contributed by atoms with Crippen LogP contribution in [0.2, 0.25) is 0 Å². The Morgan fingerprint density at radius 1 is 1.17 bits per heavy atom. The first-order valence-electron chi connectivity index (χ1n) is 6.73. The van der Waals surface area contributed by atoms with E-state index in [4.69, 9.17) is 0 Å². The predicted octanol–water partition coefficient (Wildman–Crippen LogP) is 2.29. The lowest BCUT2D eigenvalue weighted by Crippen LogP contribution is -2.17. The molecule has 7 heteroatoms. The molecule has 0 amide bonds. The van der Waals surface area contributed by atoms with Gasteiger partial charge in [0, 0.05) is 12.4 Å². The summed E-state index contributed by atoms with van der Waals surface area (Å²) in [5, 5.41) is 2.69. The molecule has 1 aromatic heterocycles. The number of hydrogen-bond acceptors (Lipinski definition) is 6. The number of nitrogens with one attached hydrogen (secondary N) is 1. The number of nitrogens with zero attached hydrogens (tertiary/aromatic N) is 1. The summed E-state index contributed by atoms with van der Waals surface area (Å²) in [5.41, 5.74) is 0.916.